The van der Waals surface area contributed by atoms with Gasteiger partial charge in [-0.25, -0.2) is 4.39 Å². The summed E-state index contributed by atoms with van der Waals surface area (Å²) in [5, 5.41) is 8.66. The van der Waals surface area contributed by atoms with Gasteiger partial charge in [-0.2, -0.15) is 0 Å². The van der Waals surface area contributed by atoms with Crippen molar-refractivity contribution >= 4 is 0 Å². The van der Waals surface area contributed by atoms with Crippen molar-refractivity contribution in [2.24, 2.45) is 5.92 Å². The van der Waals surface area contributed by atoms with E-state index in [0.29, 0.717) is 18.1 Å². The molecule has 0 saturated heterocycles. The van der Waals surface area contributed by atoms with Gasteiger partial charge in [0.25, 0.3) is 0 Å². The molecule has 0 heterocycles. The molecule has 0 aliphatic carbocycles. The number of aliphatic hydroxyl groups is 1. The lowest BCUT2D eigenvalue weighted by molar-refractivity contribution is 0.225. The molecule has 1 aromatic carbocycles. The van der Waals surface area contributed by atoms with E-state index < -0.39 is 0 Å². The third-order valence-corrected chi connectivity index (χ3v) is 3.26. The highest BCUT2D eigenvalue weighted by Gasteiger charge is 2.09. The lowest BCUT2D eigenvalue weighted by Gasteiger charge is -2.16. The van der Waals surface area contributed by atoms with Crippen LogP contribution in [0.3, 0.4) is 0 Å². The van der Waals surface area contributed by atoms with Crippen LogP contribution in [0, 0.1) is 23.6 Å². The monoisotopic (exact) mass is 278 g/mol. The van der Waals surface area contributed by atoms with Gasteiger partial charge in [0, 0.05) is 5.56 Å². The number of halogens is 1. The van der Waals surface area contributed by atoms with E-state index in [9.17, 15) is 4.39 Å². The van der Waals surface area contributed by atoms with Gasteiger partial charge < -0.3 is 9.84 Å². The predicted molar refractivity (Wildman–Crippen MR) is 79.2 cm³/mol. The second kappa shape index (κ2) is 9.39. The first-order chi connectivity index (χ1) is 9.71. The average molecular weight is 278 g/mol. The summed E-state index contributed by atoms with van der Waals surface area (Å²) in [6.07, 6.45) is 4.48. The first kappa shape index (κ1) is 16.5. The minimum atomic E-state index is -0.370. The Morgan fingerprint density at radius 3 is 2.80 bits per heavy atom. The third-order valence-electron chi connectivity index (χ3n) is 3.26. The van der Waals surface area contributed by atoms with Crippen LogP contribution in [-0.2, 0) is 0 Å². The van der Waals surface area contributed by atoms with E-state index in [1.54, 1.807) is 12.1 Å². The third kappa shape index (κ3) is 5.63. The first-order valence-corrected chi connectivity index (χ1v) is 7.23. The Labute approximate surface area is 121 Å². The van der Waals surface area contributed by atoms with Crippen LogP contribution in [0.15, 0.2) is 18.2 Å². The fourth-order valence-corrected chi connectivity index (χ4v) is 1.94. The molecule has 0 saturated carbocycles. The van der Waals surface area contributed by atoms with Crippen molar-refractivity contribution in [3.63, 3.8) is 0 Å². The van der Waals surface area contributed by atoms with Crippen molar-refractivity contribution in [1.82, 2.24) is 0 Å². The summed E-state index contributed by atoms with van der Waals surface area (Å²) < 4.78 is 19.3. The van der Waals surface area contributed by atoms with Gasteiger partial charge in [0.2, 0.25) is 0 Å². The summed E-state index contributed by atoms with van der Waals surface area (Å²) in [4.78, 5) is 0. The fraction of sp³-hybridized carbons (Fsp3) is 0.529. The molecule has 0 aliphatic rings. The van der Waals surface area contributed by atoms with Crippen molar-refractivity contribution < 1.29 is 14.2 Å². The number of ether oxygens (including phenoxy) is 1. The molecule has 3 heteroatoms. The topological polar surface area (TPSA) is 29.5 Å². The van der Waals surface area contributed by atoms with Crippen LogP contribution >= 0.6 is 0 Å². The largest absolute Gasteiger partial charge is 0.490 e. The number of benzene rings is 1. The molecule has 0 bridgehead atoms. The maximum atomic E-state index is 13.7. The highest BCUT2D eigenvalue weighted by atomic mass is 19.1. The van der Waals surface area contributed by atoms with Crippen LogP contribution in [-0.4, -0.2) is 18.3 Å². The van der Waals surface area contributed by atoms with E-state index in [2.05, 4.69) is 25.7 Å². The van der Waals surface area contributed by atoms with Gasteiger partial charge in [-0.05, 0) is 30.5 Å². The van der Waals surface area contributed by atoms with Gasteiger partial charge >= 0.3 is 0 Å². The zero-order valence-corrected chi connectivity index (χ0v) is 12.3. The number of aliphatic hydroxyl groups excluding tert-OH is 1. The molecule has 1 N–H and O–H groups in total. The van der Waals surface area contributed by atoms with E-state index in [1.807, 2.05) is 0 Å². The summed E-state index contributed by atoms with van der Waals surface area (Å²) in [6, 6.07) is 4.52. The Hall–Kier alpha value is -1.53. The van der Waals surface area contributed by atoms with Crippen LogP contribution in [0.5, 0.6) is 5.75 Å². The SMILES string of the molecule is CCCCC(CC)COc1cc(C#CCO)ccc1F. The maximum Gasteiger partial charge on any atom is 0.165 e. The molecule has 0 aliphatic heterocycles. The van der Waals surface area contributed by atoms with Crippen molar-refractivity contribution in [3.05, 3.63) is 29.6 Å². The molecule has 1 unspecified atom stereocenters. The maximum absolute atomic E-state index is 13.7. The molecule has 0 spiro atoms. The van der Waals surface area contributed by atoms with Crippen molar-refractivity contribution in [1.29, 1.82) is 0 Å². The normalized spacial score (nSPS) is 11.6. The van der Waals surface area contributed by atoms with E-state index in [4.69, 9.17) is 9.84 Å². The highest BCUT2D eigenvalue weighted by Crippen LogP contribution is 2.21. The fourth-order valence-electron chi connectivity index (χ4n) is 1.94. The number of rotatable bonds is 7. The van der Waals surface area contributed by atoms with Crippen LogP contribution in [0.1, 0.15) is 45.1 Å². The quantitative estimate of drug-likeness (QED) is 0.769. The standard InChI is InChI=1S/C17H23FO2/c1-3-5-7-14(4-2)13-20-17-12-15(8-6-11-19)9-10-16(17)18/h9-10,12,14,19H,3-5,7,11,13H2,1-2H3. The van der Waals surface area contributed by atoms with E-state index in [1.165, 1.54) is 12.5 Å². The molecule has 0 amide bonds. The Morgan fingerprint density at radius 2 is 2.15 bits per heavy atom. The number of unbranched alkanes of at least 4 members (excludes halogenated alkanes) is 1. The predicted octanol–water partition coefficient (Wildman–Crippen LogP) is 3.76. The molecule has 1 rings (SSSR count). The molecule has 20 heavy (non-hydrogen) atoms. The molecule has 2 nitrogen and oxygen atoms in total. The molecule has 0 fully saturated rings. The van der Waals surface area contributed by atoms with Crippen molar-refractivity contribution in [2.75, 3.05) is 13.2 Å². The molecule has 110 valence electrons. The summed E-state index contributed by atoms with van der Waals surface area (Å²) in [6.45, 7) is 4.62. The van der Waals surface area contributed by atoms with Gasteiger partial charge in [-0.1, -0.05) is 45.0 Å². The Balaban J connectivity index is 2.65. The summed E-state index contributed by atoms with van der Waals surface area (Å²) in [5.74, 6) is 5.62. The van der Waals surface area contributed by atoms with Crippen LogP contribution in [0.2, 0.25) is 0 Å². The van der Waals surface area contributed by atoms with Crippen LogP contribution < -0.4 is 4.74 Å². The Kier molecular flexibility index (Phi) is 7.75. The van der Waals surface area contributed by atoms with Crippen LogP contribution in [0.25, 0.3) is 0 Å². The summed E-state index contributed by atoms with van der Waals surface area (Å²) in [7, 11) is 0. The molecular weight excluding hydrogens is 255 g/mol. The van der Waals surface area contributed by atoms with Gasteiger partial charge in [0.1, 0.15) is 6.61 Å². The van der Waals surface area contributed by atoms with Gasteiger partial charge in [0.05, 0.1) is 6.61 Å². The minimum Gasteiger partial charge on any atom is -0.490 e. The summed E-state index contributed by atoms with van der Waals surface area (Å²) >= 11 is 0. The zero-order chi connectivity index (χ0) is 14.8. The number of hydrogen-bond donors (Lipinski definition) is 1. The second-order valence-electron chi connectivity index (χ2n) is 4.83. The summed E-state index contributed by atoms with van der Waals surface area (Å²) in [5.41, 5.74) is 0.650. The average Bonchev–Trinajstić information content (AvgIpc) is 2.47. The lowest BCUT2D eigenvalue weighted by atomic mass is 10.0. The molecule has 0 aromatic heterocycles. The van der Waals surface area contributed by atoms with E-state index >= 15 is 0 Å². The Bertz CT molecular complexity index is 460. The lowest BCUT2D eigenvalue weighted by Crippen LogP contribution is -2.12. The smallest absolute Gasteiger partial charge is 0.165 e. The highest BCUT2D eigenvalue weighted by molar-refractivity contribution is 5.40. The zero-order valence-electron chi connectivity index (χ0n) is 12.3. The Morgan fingerprint density at radius 1 is 1.35 bits per heavy atom. The molecule has 1 atom stereocenters. The van der Waals surface area contributed by atoms with Gasteiger partial charge in [-0.3, -0.25) is 0 Å². The first-order valence-electron chi connectivity index (χ1n) is 7.23. The van der Waals surface area contributed by atoms with E-state index in [-0.39, 0.29) is 18.2 Å². The number of hydrogen-bond acceptors (Lipinski definition) is 2. The molecule has 0 radical (unpaired) electrons. The van der Waals surface area contributed by atoms with Gasteiger partial charge in [0.15, 0.2) is 11.6 Å². The second-order valence-corrected chi connectivity index (χ2v) is 4.83. The van der Waals surface area contributed by atoms with Crippen LogP contribution in [0.4, 0.5) is 4.39 Å². The molecular formula is C17H23FO2. The van der Waals surface area contributed by atoms with Crippen molar-refractivity contribution in [3.8, 4) is 17.6 Å². The van der Waals surface area contributed by atoms with E-state index in [0.717, 1.165) is 19.3 Å². The minimum absolute atomic E-state index is 0.206. The molecule has 1 aromatic rings. The van der Waals surface area contributed by atoms with Gasteiger partial charge in [-0.15, -0.1) is 0 Å². The van der Waals surface area contributed by atoms with Crippen molar-refractivity contribution in [2.45, 2.75) is 39.5 Å².